The molecule has 0 N–H and O–H groups in total. The fourth-order valence-corrected chi connectivity index (χ4v) is 2.32. The minimum atomic E-state index is -0.416. The van der Waals surface area contributed by atoms with E-state index >= 15 is 0 Å². The van der Waals surface area contributed by atoms with Crippen LogP contribution < -0.4 is 0 Å². The molecule has 6 nitrogen and oxygen atoms in total. The average molecular weight is 253 g/mol. The van der Waals surface area contributed by atoms with Gasteiger partial charge in [0.1, 0.15) is 12.4 Å². The molecule has 1 heterocycles. The Balaban J connectivity index is 1.88. The summed E-state index contributed by atoms with van der Waals surface area (Å²) in [5.41, 5.74) is -0.0860. The van der Waals surface area contributed by atoms with Crippen molar-refractivity contribution in [1.82, 2.24) is 9.78 Å². The zero-order valence-electron chi connectivity index (χ0n) is 10.8. The summed E-state index contributed by atoms with van der Waals surface area (Å²) >= 11 is 0. The second kappa shape index (κ2) is 5.06. The predicted molar refractivity (Wildman–Crippen MR) is 66.4 cm³/mol. The van der Waals surface area contributed by atoms with Gasteiger partial charge in [-0.25, -0.2) is 0 Å². The Morgan fingerprint density at radius 2 is 2.39 bits per heavy atom. The van der Waals surface area contributed by atoms with Crippen molar-refractivity contribution in [3.05, 3.63) is 22.5 Å². The van der Waals surface area contributed by atoms with Crippen LogP contribution in [0.1, 0.15) is 39.5 Å². The zero-order chi connectivity index (χ0) is 13.2. The summed E-state index contributed by atoms with van der Waals surface area (Å²) in [6.45, 7) is 5.00. The van der Waals surface area contributed by atoms with Crippen molar-refractivity contribution in [3.8, 4) is 0 Å². The Bertz CT molecular complexity index is 424. The van der Waals surface area contributed by atoms with E-state index in [9.17, 15) is 10.1 Å². The smallest absolute Gasteiger partial charge is 0.307 e. The summed E-state index contributed by atoms with van der Waals surface area (Å²) in [7, 11) is 0. The fourth-order valence-electron chi connectivity index (χ4n) is 2.32. The van der Waals surface area contributed by atoms with E-state index in [2.05, 4.69) is 18.9 Å². The van der Waals surface area contributed by atoms with Gasteiger partial charge in [0.2, 0.25) is 0 Å². The highest BCUT2D eigenvalue weighted by molar-refractivity contribution is 5.22. The summed E-state index contributed by atoms with van der Waals surface area (Å²) in [6, 6.07) is 0. The fraction of sp³-hybridized carbons (Fsp3) is 0.750. The van der Waals surface area contributed by atoms with E-state index < -0.39 is 4.92 Å². The first-order valence-corrected chi connectivity index (χ1v) is 6.36. The van der Waals surface area contributed by atoms with Crippen LogP contribution >= 0.6 is 0 Å². The van der Waals surface area contributed by atoms with E-state index in [-0.39, 0.29) is 17.3 Å². The number of unbranched alkanes of at least 4 members (excludes halogenated alkanes) is 1. The molecule has 0 amide bonds. The molecule has 0 aromatic carbocycles. The van der Waals surface area contributed by atoms with Crippen LogP contribution in [0.2, 0.25) is 0 Å². The second-order valence-electron chi connectivity index (χ2n) is 5.15. The minimum Gasteiger partial charge on any atom is -0.378 e. The number of hydrogen-bond acceptors (Lipinski definition) is 4. The summed E-state index contributed by atoms with van der Waals surface area (Å²) in [4.78, 5) is 10.2. The van der Waals surface area contributed by atoms with Crippen LogP contribution in [-0.2, 0) is 10.3 Å². The standard InChI is InChI=1S/C12H19N3O3/c1-3-4-5-18-11-6-12(2,7-11)14-9-10(8-13-14)15(16)17/h8-9,11H,3-7H2,1-2H3. The molecule has 1 saturated carbocycles. The van der Waals surface area contributed by atoms with Gasteiger partial charge in [0.25, 0.3) is 0 Å². The summed E-state index contributed by atoms with van der Waals surface area (Å²) in [5, 5.41) is 14.7. The van der Waals surface area contributed by atoms with E-state index in [0.717, 1.165) is 32.3 Å². The molecular weight excluding hydrogens is 234 g/mol. The molecule has 18 heavy (non-hydrogen) atoms. The number of rotatable bonds is 6. The van der Waals surface area contributed by atoms with Gasteiger partial charge in [-0.1, -0.05) is 13.3 Å². The molecule has 1 aliphatic rings. The molecule has 0 saturated heterocycles. The summed E-state index contributed by atoms with van der Waals surface area (Å²) < 4.78 is 7.41. The number of nitro groups is 1. The van der Waals surface area contributed by atoms with Crippen molar-refractivity contribution in [3.63, 3.8) is 0 Å². The van der Waals surface area contributed by atoms with Gasteiger partial charge in [0, 0.05) is 6.61 Å². The Labute approximate surface area is 106 Å². The van der Waals surface area contributed by atoms with Crippen molar-refractivity contribution in [2.45, 2.75) is 51.2 Å². The molecule has 1 aromatic rings. The zero-order valence-corrected chi connectivity index (χ0v) is 10.8. The van der Waals surface area contributed by atoms with Crippen LogP contribution in [0.3, 0.4) is 0 Å². The Hall–Kier alpha value is -1.43. The quantitative estimate of drug-likeness (QED) is 0.443. The lowest BCUT2D eigenvalue weighted by Gasteiger charge is -2.44. The number of nitrogens with zero attached hydrogens (tertiary/aromatic N) is 3. The highest BCUT2D eigenvalue weighted by atomic mass is 16.6. The first kappa shape index (κ1) is 13.0. The first-order valence-electron chi connectivity index (χ1n) is 6.36. The molecule has 6 heteroatoms. The molecule has 0 spiro atoms. The Morgan fingerprint density at radius 1 is 1.67 bits per heavy atom. The van der Waals surface area contributed by atoms with E-state index in [1.807, 2.05) is 0 Å². The molecule has 1 aliphatic carbocycles. The molecule has 2 rings (SSSR count). The second-order valence-corrected chi connectivity index (χ2v) is 5.15. The topological polar surface area (TPSA) is 70.2 Å². The molecule has 0 unspecified atom stereocenters. The van der Waals surface area contributed by atoms with Crippen LogP contribution in [0.15, 0.2) is 12.4 Å². The summed E-state index contributed by atoms with van der Waals surface area (Å²) in [6.07, 6.45) is 7.03. The molecule has 0 aliphatic heterocycles. The number of ether oxygens (including phenoxy) is 1. The lowest BCUT2D eigenvalue weighted by molar-refractivity contribution is -0.385. The maximum Gasteiger partial charge on any atom is 0.307 e. The third-order valence-electron chi connectivity index (χ3n) is 3.52. The maximum absolute atomic E-state index is 10.6. The number of aromatic nitrogens is 2. The van der Waals surface area contributed by atoms with Crippen molar-refractivity contribution >= 4 is 5.69 Å². The lowest BCUT2D eigenvalue weighted by atomic mass is 9.76. The maximum atomic E-state index is 10.6. The van der Waals surface area contributed by atoms with Gasteiger partial charge >= 0.3 is 5.69 Å². The molecule has 0 radical (unpaired) electrons. The van der Waals surface area contributed by atoms with Crippen LogP contribution in [0, 0.1) is 10.1 Å². The average Bonchev–Trinajstić information content (AvgIpc) is 2.76. The molecule has 1 fully saturated rings. The van der Waals surface area contributed by atoms with Gasteiger partial charge in [-0.05, 0) is 26.2 Å². The molecular formula is C12H19N3O3. The SMILES string of the molecule is CCCCOC1CC(C)(n2cc([N+](=O)[O-])cn2)C1. The van der Waals surface area contributed by atoms with Gasteiger partial charge in [-0.2, -0.15) is 5.10 Å². The third-order valence-corrected chi connectivity index (χ3v) is 3.52. The Kier molecular flexibility index (Phi) is 3.65. The monoisotopic (exact) mass is 253 g/mol. The highest BCUT2D eigenvalue weighted by Crippen LogP contribution is 2.40. The van der Waals surface area contributed by atoms with Crippen LogP contribution in [-0.4, -0.2) is 27.4 Å². The van der Waals surface area contributed by atoms with Gasteiger partial charge < -0.3 is 4.74 Å². The van der Waals surface area contributed by atoms with E-state index in [4.69, 9.17) is 4.74 Å². The predicted octanol–water partition coefficient (Wildman–Crippen LogP) is 2.49. The van der Waals surface area contributed by atoms with Crippen LogP contribution in [0.4, 0.5) is 5.69 Å². The van der Waals surface area contributed by atoms with E-state index in [1.165, 1.54) is 12.4 Å². The van der Waals surface area contributed by atoms with Crippen LogP contribution in [0.25, 0.3) is 0 Å². The van der Waals surface area contributed by atoms with Crippen LogP contribution in [0.5, 0.6) is 0 Å². The Morgan fingerprint density at radius 3 is 2.94 bits per heavy atom. The van der Waals surface area contributed by atoms with Gasteiger partial charge in [0.05, 0.1) is 16.6 Å². The molecule has 0 bridgehead atoms. The molecule has 1 aromatic heterocycles. The van der Waals surface area contributed by atoms with Crippen molar-refractivity contribution in [2.75, 3.05) is 6.61 Å². The van der Waals surface area contributed by atoms with Gasteiger partial charge in [0.15, 0.2) is 0 Å². The molecule has 0 atom stereocenters. The minimum absolute atomic E-state index is 0.0478. The highest BCUT2D eigenvalue weighted by Gasteiger charge is 2.43. The number of hydrogen-bond donors (Lipinski definition) is 0. The lowest BCUT2D eigenvalue weighted by Crippen LogP contribution is -2.48. The van der Waals surface area contributed by atoms with E-state index in [1.54, 1.807) is 4.68 Å². The normalized spacial score (nSPS) is 26.9. The van der Waals surface area contributed by atoms with Crippen molar-refractivity contribution in [1.29, 1.82) is 0 Å². The third kappa shape index (κ3) is 2.53. The van der Waals surface area contributed by atoms with Gasteiger partial charge in [-0.15, -0.1) is 0 Å². The van der Waals surface area contributed by atoms with Crippen molar-refractivity contribution < 1.29 is 9.66 Å². The largest absolute Gasteiger partial charge is 0.378 e. The molecule has 100 valence electrons. The van der Waals surface area contributed by atoms with Crippen molar-refractivity contribution in [2.24, 2.45) is 0 Å². The summed E-state index contributed by atoms with van der Waals surface area (Å²) in [5.74, 6) is 0. The van der Waals surface area contributed by atoms with E-state index in [0.29, 0.717) is 0 Å². The first-order chi connectivity index (χ1) is 8.55. The van der Waals surface area contributed by atoms with Gasteiger partial charge in [-0.3, -0.25) is 14.8 Å².